The molecule has 0 radical (unpaired) electrons. The van der Waals surface area contributed by atoms with Crippen molar-refractivity contribution in [1.82, 2.24) is 0 Å². The number of ether oxygens (including phenoxy) is 4. The van der Waals surface area contributed by atoms with Crippen molar-refractivity contribution in [2.24, 2.45) is 23.7 Å². The highest BCUT2D eigenvalue weighted by molar-refractivity contribution is 7.47. The van der Waals surface area contributed by atoms with Crippen LogP contribution in [0.1, 0.15) is 364 Å². The van der Waals surface area contributed by atoms with E-state index in [1.54, 1.807) is 0 Å². The molecule has 0 aliphatic heterocycles. The Morgan fingerprint density at radius 3 is 0.772 bits per heavy atom. The minimum Gasteiger partial charge on any atom is -0.462 e. The van der Waals surface area contributed by atoms with Gasteiger partial charge in [-0.05, 0) is 49.4 Å². The minimum atomic E-state index is -4.95. The molecule has 4 unspecified atom stereocenters. The Balaban J connectivity index is 5.25. The normalized spacial score (nSPS) is 14.8. The van der Waals surface area contributed by atoms with E-state index >= 15 is 0 Å². The molecule has 0 rings (SSSR count). The topological polar surface area (TPSA) is 237 Å². The molecule has 0 aromatic rings. The van der Waals surface area contributed by atoms with Gasteiger partial charge in [0.05, 0.1) is 26.4 Å². The fourth-order valence-corrected chi connectivity index (χ4v) is 12.5. The highest BCUT2D eigenvalue weighted by atomic mass is 31.2. The number of carbonyl (C=O) groups is 4. The third-order valence-electron chi connectivity index (χ3n) is 17.5. The van der Waals surface area contributed by atoms with E-state index in [-0.39, 0.29) is 25.7 Å². The minimum absolute atomic E-state index is 0.105. The van der Waals surface area contributed by atoms with E-state index in [2.05, 4.69) is 55.4 Å². The molecule has 0 bridgehead atoms. The number of hydrogen-bond donors (Lipinski definition) is 3. The van der Waals surface area contributed by atoms with Gasteiger partial charge in [0.2, 0.25) is 0 Å². The summed E-state index contributed by atoms with van der Waals surface area (Å²) in [5.41, 5.74) is 0. The molecule has 7 atom stereocenters. The number of aliphatic hydroxyl groups excluding tert-OH is 1. The molecule has 0 aliphatic rings. The van der Waals surface area contributed by atoms with Crippen LogP contribution in [0.2, 0.25) is 0 Å². The van der Waals surface area contributed by atoms with E-state index in [1.807, 2.05) is 0 Å². The lowest BCUT2D eigenvalue weighted by Gasteiger charge is -2.21. The molecule has 3 N–H and O–H groups in total. The van der Waals surface area contributed by atoms with Crippen molar-refractivity contribution in [1.29, 1.82) is 0 Å². The van der Waals surface area contributed by atoms with E-state index < -0.39 is 97.5 Å². The quantitative estimate of drug-likeness (QED) is 0.0222. The lowest BCUT2D eigenvalue weighted by atomic mass is 9.99. The Bertz CT molecular complexity index is 1820. The third kappa shape index (κ3) is 64.1. The van der Waals surface area contributed by atoms with Crippen molar-refractivity contribution in [3.63, 3.8) is 0 Å². The summed E-state index contributed by atoms with van der Waals surface area (Å²) in [5, 5.41) is 10.6. The zero-order valence-electron chi connectivity index (χ0n) is 60.2. The van der Waals surface area contributed by atoms with Crippen LogP contribution in [0.5, 0.6) is 0 Å². The molecular formula is C73H142O17P2. The largest absolute Gasteiger partial charge is 0.472 e. The predicted octanol–water partition coefficient (Wildman–Crippen LogP) is 20.9. The van der Waals surface area contributed by atoms with E-state index in [1.165, 1.54) is 161 Å². The van der Waals surface area contributed by atoms with Crippen molar-refractivity contribution in [2.75, 3.05) is 39.6 Å². The van der Waals surface area contributed by atoms with Crippen molar-refractivity contribution < 1.29 is 80.2 Å². The number of aliphatic hydroxyl groups is 1. The number of esters is 4. The highest BCUT2D eigenvalue weighted by Gasteiger charge is 2.30. The van der Waals surface area contributed by atoms with Crippen molar-refractivity contribution >= 4 is 39.5 Å². The summed E-state index contributed by atoms with van der Waals surface area (Å²) in [6.45, 7) is 14.1. The van der Waals surface area contributed by atoms with Gasteiger partial charge in [-0.2, -0.15) is 0 Å². The average Bonchev–Trinajstić information content (AvgIpc) is 2.64. The summed E-state index contributed by atoms with van der Waals surface area (Å²) >= 11 is 0. The smallest absolute Gasteiger partial charge is 0.462 e. The van der Waals surface area contributed by atoms with Crippen LogP contribution in [0.4, 0.5) is 0 Å². The van der Waals surface area contributed by atoms with Gasteiger partial charge in [-0.25, -0.2) is 9.13 Å². The summed E-state index contributed by atoms with van der Waals surface area (Å²) < 4.78 is 68.4. The Morgan fingerprint density at radius 2 is 0.522 bits per heavy atom. The van der Waals surface area contributed by atoms with Gasteiger partial charge in [-0.1, -0.05) is 312 Å². The molecule has 0 saturated heterocycles. The maximum absolute atomic E-state index is 13.0. The Hall–Kier alpha value is -1.94. The van der Waals surface area contributed by atoms with Gasteiger partial charge in [0, 0.05) is 25.7 Å². The molecule has 0 aromatic heterocycles. The summed E-state index contributed by atoms with van der Waals surface area (Å²) in [6.07, 6.45) is 45.8. The van der Waals surface area contributed by atoms with Crippen LogP contribution in [-0.2, 0) is 65.4 Å². The van der Waals surface area contributed by atoms with Crippen molar-refractivity contribution in [3.05, 3.63) is 0 Å². The number of unbranched alkanes of at least 4 members (excludes halogenated alkanes) is 34. The average molecular weight is 1350 g/mol. The molecule has 92 heavy (non-hydrogen) atoms. The SMILES string of the molecule is CCC(C)CCCCCCCCCCCCC(=O)O[C@H](COC(=O)CCCCCCCCC(C)CC)COP(=O)(O)OC[C@H](O)COP(=O)(O)OC[C@@H](COC(=O)CCCCCCCCCCC(C)C)OC(=O)CCCCCCCCCCCCCCCCC(C)C. The van der Waals surface area contributed by atoms with Gasteiger partial charge in [0.1, 0.15) is 19.3 Å². The van der Waals surface area contributed by atoms with Crippen LogP contribution in [0.15, 0.2) is 0 Å². The summed E-state index contributed by atoms with van der Waals surface area (Å²) in [7, 11) is -9.91. The van der Waals surface area contributed by atoms with Gasteiger partial charge in [0.25, 0.3) is 0 Å². The number of rotatable bonds is 70. The summed E-state index contributed by atoms with van der Waals surface area (Å²) in [4.78, 5) is 72.7. The number of phosphoric acid groups is 2. The zero-order valence-corrected chi connectivity index (χ0v) is 62.0. The van der Waals surface area contributed by atoms with Gasteiger partial charge in [0.15, 0.2) is 12.2 Å². The second-order valence-corrected chi connectivity index (χ2v) is 30.7. The molecule has 0 spiro atoms. The standard InChI is InChI=1S/C73H142O17P2/c1-9-65(7)51-43-35-27-20-17-18-22-30-40-48-56-73(78)90-69(60-84-71(76)54-46-38-32-31-36-44-52-66(8)10-2)62-88-92(81,82)86-58-67(74)57-85-91(79,80)87-61-68(59-83-70(75)53-45-37-28-24-23-26-34-42-50-64(5)6)89-72(77)55-47-39-29-21-16-14-12-11-13-15-19-25-33-41-49-63(3)4/h63-69,74H,9-62H2,1-8H3,(H,79,80)(H,81,82)/t65?,66?,67-,68-,69-/m1/s1. The number of phosphoric ester groups is 2. The first kappa shape index (κ1) is 90.1. The number of hydrogen-bond acceptors (Lipinski definition) is 15. The van der Waals surface area contributed by atoms with Crippen LogP contribution in [0, 0.1) is 23.7 Å². The first-order valence-corrected chi connectivity index (χ1v) is 40.8. The summed E-state index contributed by atoms with van der Waals surface area (Å²) in [5.74, 6) is 0.929. The third-order valence-corrected chi connectivity index (χ3v) is 19.4. The van der Waals surface area contributed by atoms with Gasteiger partial charge < -0.3 is 33.8 Å². The van der Waals surface area contributed by atoms with E-state index in [4.69, 9.17) is 37.0 Å². The van der Waals surface area contributed by atoms with Gasteiger partial charge in [-0.15, -0.1) is 0 Å². The lowest BCUT2D eigenvalue weighted by molar-refractivity contribution is -0.161. The first-order chi connectivity index (χ1) is 44.2. The van der Waals surface area contributed by atoms with Crippen LogP contribution in [0.3, 0.4) is 0 Å². The first-order valence-electron chi connectivity index (χ1n) is 37.8. The molecule has 546 valence electrons. The van der Waals surface area contributed by atoms with E-state index in [0.717, 1.165) is 120 Å². The molecule has 0 heterocycles. The maximum atomic E-state index is 13.0. The molecule has 0 aliphatic carbocycles. The van der Waals surface area contributed by atoms with Crippen molar-refractivity contribution in [3.8, 4) is 0 Å². The molecule has 19 heteroatoms. The fourth-order valence-electron chi connectivity index (χ4n) is 11.0. The molecule has 0 amide bonds. The molecule has 0 saturated carbocycles. The molecular weight excluding hydrogens is 1210 g/mol. The van der Waals surface area contributed by atoms with E-state index in [9.17, 15) is 43.2 Å². The van der Waals surface area contributed by atoms with Crippen LogP contribution >= 0.6 is 15.6 Å². The molecule has 17 nitrogen and oxygen atoms in total. The van der Waals surface area contributed by atoms with Crippen LogP contribution in [0.25, 0.3) is 0 Å². The predicted molar refractivity (Wildman–Crippen MR) is 372 cm³/mol. The Labute approximate surface area is 562 Å². The Morgan fingerprint density at radius 1 is 0.304 bits per heavy atom. The second-order valence-electron chi connectivity index (χ2n) is 27.8. The summed E-state index contributed by atoms with van der Waals surface area (Å²) in [6, 6.07) is 0. The monoisotopic (exact) mass is 1350 g/mol. The van der Waals surface area contributed by atoms with E-state index in [0.29, 0.717) is 25.7 Å². The highest BCUT2D eigenvalue weighted by Crippen LogP contribution is 2.45. The fraction of sp³-hybridized carbons (Fsp3) is 0.945. The zero-order chi connectivity index (χ0) is 68.2. The lowest BCUT2D eigenvalue weighted by Crippen LogP contribution is -2.30. The van der Waals surface area contributed by atoms with Crippen LogP contribution < -0.4 is 0 Å². The maximum Gasteiger partial charge on any atom is 0.472 e. The second kappa shape index (κ2) is 62.6. The molecule has 0 aromatic carbocycles. The van der Waals surface area contributed by atoms with Crippen LogP contribution in [-0.4, -0.2) is 96.7 Å². The van der Waals surface area contributed by atoms with Gasteiger partial charge >= 0.3 is 39.5 Å². The number of carbonyl (C=O) groups excluding carboxylic acids is 4. The van der Waals surface area contributed by atoms with Crippen molar-refractivity contribution in [2.45, 2.75) is 382 Å². The van der Waals surface area contributed by atoms with Gasteiger partial charge in [-0.3, -0.25) is 37.3 Å². The Kier molecular flexibility index (Phi) is 61.3. The molecule has 0 fully saturated rings.